The van der Waals surface area contributed by atoms with Crippen molar-refractivity contribution in [1.29, 1.82) is 0 Å². The van der Waals surface area contributed by atoms with Crippen LogP contribution in [0.25, 0.3) is 0 Å². The van der Waals surface area contributed by atoms with E-state index in [9.17, 15) is 0 Å². The van der Waals surface area contributed by atoms with Gasteiger partial charge in [0.05, 0.1) is 0 Å². The molecular formula is C7H13N. The van der Waals surface area contributed by atoms with Crippen LogP contribution in [0.3, 0.4) is 0 Å². The van der Waals surface area contributed by atoms with Crippen molar-refractivity contribution in [3.63, 3.8) is 0 Å². The van der Waals surface area contributed by atoms with E-state index in [1.54, 1.807) is 5.57 Å². The molecule has 1 rings (SSSR count). The topological polar surface area (TPSA) is 26.0 Å². The molecule has 0 aromatic heterocycles. The summed E-state index contributed by atoms with van der Waals surface area (Å²) in [4.78, 5) is 0. The summed E-state index contributed by atoms with van der Waals surface area (Å²) in [5.74, 6) is 0.704. The van der Waals surface area contributed by atoms with Crippen molar-refractivity contribution < 1.29 is 0 Å². The molecule has 0 aliphatic heterocycles. The largest absolute Gasteiger partial charge is 0.330 e. The maximum absolute atomic E-state index is 5.48. The van der Waals surface area contributed by atoms with Crippen molar-refractivity contribution in [2.24, 2.45) is 11.7 Å². The minimum Gasteiger partial charge on any atom is -0.330 e. The van der Waals surface area contributed by atoms with Crippen LogP contribution in [-0.4, -0.2) is 6.54 Å². The third-order valence-corrected chi connectivity index (χ3v) is 1.74. The normalized spacial score (nSPS) is 20.0. The zero-order valence-corrected chi connectivity index (χ0v) is 5.35. The summed E-state index contributed by atoms with van der Waals surface area (Å²) >= 11 is 0. The average Bonchev–Trinajstić information content (AvgIpc) is 2.53. The number of nitrogens with two attached hydrogens (primary N) is 1. The van der Waals surface area contributed by atoms with E-state index >= 15 is 0 Å². The van der Waals surface area contributed by atoms with Gasteiger partial charge in [0.1, 0.15) is 0 Å². The lowest BCUT2D eigenvalue weighted by Gasteiger charge is -2.05. The first-order valence-electron chi connectivity index (χ1n) is 3.27. The van der Waals surface area contributed by atoms with Crippen molar-refractivity contribution in [1.82, 2.24) is 0 Å². The Labute approximate surface area is 50.6 Å². The number of hydrogen-bond acceptors (Lipinski definition) is 1. The highest BCUT2D eigenvalue weighted by atomic mass is 14.6. The van der Waals surface area contributed by atoms with Gasteiger partial charge in [0.15, 0.2) is 0 Å². The summed E-state index contributed by atoms with van der Waals surface area (Å²) in [7, 11) is 0. The van der Waals surface area contributed by atoms with Gasteiger partial charge in [0, 0.05) is 0 Å². The second-order valence-electron chi connectivity index (χ2n) is 2.32. The average molecular weight is 111 g/mol. The van der Waals surface area contributed by atoms with Crippen molar-refractivity contribution in [3.8, 4) is 0 Å². The van der Waals surface area contributed by atoms with Gasteiger partial charge >= 0.3 is 0 Å². The van der Waals surface area contributed by atoms with Crippen LogP contribution in [0.1, 0.15) is 19.8 Å². The molecule has 8 heavy (non-hydrogen) atoms. The third kappa shape index (κ3) is 1.10. The first-order valence-corrected chi connectivity index (χ1v) is 3.27. The highest BCUT2D eigenvalue weighted by Gasteiger charge is 2.16. The summed E-state index contributed by atoms with van der Waals surface area (Å²) in [5, 5.41) is 0. The molecule has 2 N–H and O–H groups in total. The molecule has 0 amide bonds. The van der Waals surface area contributed by atoms with Crippen molar-refractivity contribution in [2.45, 2.75) is 19.8 Å². The van der Waals surface area contributed by atoms with Gasteiger partial charge in [-0.15, -0.1) is 0 Å². The lowest BCUT2D eigenvalue weighted by Crippen LogP contribution is -2.11. The molecule has 0 spiro atoms. The SMILES string of the molecule is CCC(CN)C1=CC1. The first kappa shape index (κ1) is 5.83. The molecule has 0 fully saturated rings. The molecule has 46 valence electrons. The molecule has 1 heteroatoms. The Morgan fingerprint density at radius 1 is 1.88 bits per heavy atom. The van der Waals surface area contributed by atoms with Crippen LogP contribution in [0.5, 0.6) is 0 Å². The second kappa shape index (κ2) is 2.31. The van der Waals surface area contributed by atoms with E-state index in [-0.39, 0.29) is 0 Å². The Hall–Kier alpha value is -0.300. The van der Waals surface area contributed by atoms with Crippen molar-refractivity contribution in [2.75, 3.05) is 6.54 Å². The zero-order chi connectivity index (χ0) is 5.98. The maximum Gasteiger partial charge on any atom is -0.00115 e. The standard InChI is InChI=1S/C7H13N/c1-2-6(5-8)7-3-4-7/h3,6H,2,4-5,8H2,1H3. The van der Waals surface area contributed by atoms with Crippen LogP contribution >= 0.6 is 0 Å². The number of hydrogen-bond donors (Lipinski definition) is 1. The van der Waals surface area contributed by atoms with Crippen LogP contribution in [-0.2, 0) is 0 Å². The van der Waals surface area contributed by atoms with Gasteiger partial charge in [0.2, 0.25) is 0 Å². The van der Waals surface area contributed by atoms with E-state index in [2.05, 4.69) is 13.0 Å². The molecule has 1 aliphatic rings. The first-order chi connectivity index (χ1) is 3.88. The summed E-state index contributed by atoms with van der Waals surface area (Å²) in [6.07, 6.45) is 4.71. The lowest BCUT2D eigenvalue weighted by atomic mass is 10.0. The molecule has 0 aromatic carbocycles. The van der Waals surface area contributed by atoms with Gasteiger partial charge in [-0.2, -0.15) is 0 Å². The summed E-state index contributed by atoms with van der Waals surface area (Å²) in [6.45, 7) is 3.03. The van der Waals surface area contributed by atoms with Crippen LogP contribution < -0.4 is 5.73 Å². The highest BCUT2D eigenvalue weighted by Crippen LogP contribution is 2.28. The summed E-state index contributed by atoms with van der Waals surface area (Å²) in [6, 6.07) is 0. The number of rotatable bonds is 3. The molecule has 0 bridgehead atoms. The zero-order valence-electron chi connectivity index (χ0n) is 5.35. The Morgan fingerprint density at radius 2 is 2.50 bits per heavy atom. The molecule has 0 saturated heterocycles. The quantitative estimate of drug-likeness (QED) is 0.546. The monoisotopic (exact) mass is 111 g/mol. The maximum atomic E-state index is 5.48. The van der Waals surface area contributed by atoms with E-state index < -0.39 is 0 Å². The summed E-state index contributed by atoms with van der Waals surface area (Å²) in [5.41, 5.74) is 7.06. The van der Waals surface area contributed by atoms with Gasteiger partial charge in [-0.05, 0) is 25.3 Å². The van der Waals surface area contributed by atoms with Crippen molar-refractivity contribution >= 4 is 0 Å². The van der Waals surface area contributed by atoms with Gasteiger partial charge < -0.3 is 5.73 Å². The van der Waals surface area contributed by atoms with Gasteiger partial charge in [0.25, 0.3) is 0 Å². The van der Waals surface area contributed by atoms with Gasteiger partial charge in [-0.1, -0.05) is 18.6 Å². The van der Waals surface area contributed by atoms with Crippen LogP contribution in [0.2, 0.25) is 0 Å². The lowest BCUT2D eigenvalue weighted by molar-refractivity contribution is 0.618. The Morgan fingerprint density at radius 3 is 2.62 bits per heavy atom. The molecule has 1 aliphatic carbocycles. The Bertz CT molecular complexity index is 101. The Kier molecular flexibility index (Phi) is 1.69. The molecule has 0 aromatic rings. The van der Waals surface area contributed by atoms with Gasteiger partial charge in [-0.25, -0.2) is 0 Å². The minimum absolute atomic E-state index is 0.704. The fourth-order valence-electron chi connectivity index (χ4n) is 0.972. The van der Waals surface area contributed by atoms with E-state index in [0.717, 1.165) is 6.54 Å². The predicted molar refractivity (Wildman–Crippen MR) is 35.5 cm³/mol. The van der Waals surface area contributed by atoms with Crippen LogP contribution in [0, 0.1) is 5.92 Å². The highest BCUT2D eigenvalue weighted by molar-refractivity contribution is 5.24. The number of allylic oxidation sites excluding steroid dienone is 1. The molecule has 1 atom stereocenters. The molecule has 1 nitrogen and oxygen atoms in total. The van der Waals surface area contributed by atoms with Gasteiger partial charge in [-0.3, -0.25) is 0 Å². The third-order valence-electron chi connectivity index (χ3n) is 1.74. The van der Waals surface area contributed by atoms with Crippen molar-refractivity contribution in [3.05, 3.63) is 11.6 Å². The molecule has 0 radical (unpaired) electrons. The fraction of sp³-hybridized carbons (Fsp3) is 0.714. The van der Waals surface area contributed by atoms with E-state index in [0.29, 0.717) is 5.92 Å². The smallest absolute Gasteiger partial charge is 0.00115 e. The summed E-state index contributed by atoms with van der Waals surface area (Å²) < 4.78 is 0. The van der Waals surface area contributed by atoms with E-state index in [1.165, 1.54) is 12.8 Å². The van der Waals surface area contributed by atoms with E-state index in [4.69, 9.17) is 5.73 Å². The van der Waals surface area contributed by atoms with E-state index in [1.807, 2.05) is 0 Å². The molecule has 0 saturated carbocycles. The molecule has 1 unspecified atom stereocenters. The second-order valence-corrected chi connectivity index (χ2v) is 2.32. The Balaban J connectivity index is 2.26. The minimum atomic E-state index is 0.704. The molecule has 0 heterocycles. The van der Waals surface area contributed by atoms with Crippen LogP contribution in [0.4, 0.5) is 0 Å². The predicted octanol–water partition coefficient (Wildman–Crippen LogP) is 1.30. The molecular weight excluding hydrogens is 98.1 g/mol. The fourth-order valence-corrected chi connectivity index (χ4v) is 0.972. The van der Waals surface area contributed by atoms with Crippen LogP contribution in [0.15, 0.2) is 11.6 Å².